The first-order valence-electron chi connectivity index (χ1n) is 5.18. The number of amides is 1. The summed E-state index contributed by atoms with van der Waals surface area (Å²) in [5, 5.41) is 11.3. The van der Waals surface area contributed by atoms with Gasteiger partial charge in [-0.3, -0.25) is 4.79 Å². The lowest BCUT2D eigenvalue weighted by atomic mass is 10.1. The van der Waals surface area contributed by atoms with Gasteiger partial charge in [0.05, 0.1) is 19.9 Å². The number of aliphatic hydroxyl groups excluding tert-OH is 1. The summed E-state index contributed by atoms with van der Waals surface area (Å²) in [4.78, 5) is 11.2. The zero-order valence-corrected chi connectivity index (χ0v) is 10.5. The minimum atomic E-state index is -0.571. The summed E-state index contributed by atoms with van der Waals surface area (Å²) in [6.45, 7) is 3.22. The second-order valence-corrected chi connectivity index (χ2v) is 3.62. The number of methoxy groups -OCH3 is 2. The summed E-state index contributed by atoms with van der Waals surface area (Å²) in [7, 11) is 3.09. The predicted molar refractivity (Wildman–Crippen MR) is 64.7 cm³/mol. The third-order valence-corrected chi connectivity index (χ3v) is 2.63. The Morgan fingerprint density at radius 1 is 1.29 bits per heavy atom. The molecule has 2 N–H and O–H groups in total. The first kappa shape index (κ1) is 13.3. The van der Waals surface area contributed by atoms with Crippen molar-refractivity contribution >= 4 is 11.6 Å². The molecule has 17 heavy (non-hydrogen) atoms. The molecule has 0 unspecified atom stereocenters. The normalized spacial score (nSPS) is 9.94. The van der Waals surface area contributed by atoms with Gasteiger partial charge in [-0.05, 0) is 25.0 Å². The van der Waals surface area contributed by atoms with Crippen LogP contribution in [-0.4, -0.2) is 31.8 Å². The minimum Gasteiger partial charge on any atom is -0.496 e. The first-order valence-corrected chi connectivity index (χ1v) is 5.18. The van der Waals surface area contributed by atoms with Gasteiger partial charge in [0.15, 0.2) is 0 Å². The van der Waals surface area contributed by atoms with Crippen LogP contribution in [0.4, 0.5) is 5.69 Å². The zero-order valence-electron chi connectivity index (χ0n) is 10.5. The number of hydrogen-bond acceptors (Lipinski definition) is 4. The smallest absolute Gasteiger partial charge is 0.250 e. The van der Waals surface area contributed by atoms with Crippen LogP contribution in [0.5, 0.6) is 11.5 Å². The van der Waals surface area contributed by atoms with Crippen molar-refractivity contribution in [2.24, 2.45) is 0 Å². The lowest BCUT2D eigenvalue weighted by Crippen LogP contribution is -2.16. The van der Waals surface area contributed by atoms with Gasteiger partial charge >= 0.3 is 0 Å². The molecule has 1 aromatic rings. The van der Waals surface area contributed by atoms with Gasteiger partial charge in [0.25, 0.3) is 0 Å². The van der Waals surface area contributed by atoms with Crippen molar-refractivity contribution in [3.05, 3.63) is 17.2 Å². The summed E-state index contributed by atoms with van der Waals surface area (Å²) in [6.07, 6.45) is 0. The van der Waals surface area contributed by atoms with Crippen LogP contribution in [0.2, 0.25) is 0 Å². The number of rotatable bonds is 4. The van der Waals surface area contributed by atoms with Crippen molar-refractivity contribution in [2.45, 2.75) is 13.8 Å². The Hall–Kier alpha value is -1.75. The molecule has 0 saturated heterocycles. The Kier molecular flexibility index (Phi) is 4.34. The molecule has 1 rings (SSSR count). The highest BCUT2D eigenvalue weighted by atomic mass is 16.5. The molecule has 0 atom stereocenters. The summed E-state index contributed by atoms with van der Waals surface area (Å²) in [5.74, 6) is 0.746. The van der Waals surface area contributed by atoms with E-state index in [4.69, 9.17) is 14.6 Å². The van der Waals surface area contributed by atoms with E-state index in [-0.39, 0.29) is 0 Å². The Morgan fingerprint density at radius 3 is 2.41 bits per heavy atom. The third kappa shape index (κ3) is 2.68. The van der Waals surface area contributed by atoms with Crippen molar-refractivity contribution in [3.63, 3.8) is 0 Å². The molecule has 0 aliphatic heterocycles. The fourth-order valence-electron chi connectivity index (χ4n) is 1.62. The average Bonchev–Trinajstić information content (AvgIpc) is 2.33. The lowest BCUT2D eigenvalue weighted by molar-refractivity contribution is -0.118. The van der Waals surface area contributed by atoms with Crippen LogP contribution in [-0.2, 0) is 4.79 Å². The summed E-state index contributed by atoms with van der Waals surface area (Å²) >= 11 is 0. The standard InChI is InChI=1S/C12H17NO4/c1-7-8(2)12(17-4)9(5-10(7)16-3)13-11(15)6-14/h5,14H,6H2,1-4H3,(H,13,15). The number of carbonyl (C=O) groups excluding carboxylic acids is 1. The maximum Gasteiger partial charge on any atom is 0.250 e. The molecule has 0 aliphatic rings. The maximum absolute atomic E-state index is 11.2. The summed E-state index contributed by atoms with van der Waals surface area (Å²) in [5.41, 5.74) is 2.33. The molecule has 0 aromatic heterocycles. The average molecular weight is 239 g/mol. The van der Waals surface area contributed by atoms with Gasteiger partial charge in [-0.15, -0.1) is 0 Å². The van der Waals surface area contributed by atoms with Gasteiger partial charge in [-0.1, -0.05) is 0 Å². The highest BCUT2D eigenvalue weighted by Gasteiger charge is 2.15. The van der Waals surface area contributed by atoms with Gasteiger partial charge in [0, 0.05) is 6.07 Å². The van der Waals surface area contributed by atoms with Crippen LogP contribution < -0.4 is 14.8 Å². The molecule has 1 aromatic carbocycles. The molecule has 0 aliphatic carbocycles. The molecule has 0 saturated carbocycles. The van der Waals surface area contributed by atoms with E-state index in [9.17, 15) is 4.79 Å². The Balaban J connectivity index is 3.27. The minimum absolute atomic E-state index is 0.492. The van der Waals surface area contributed by atoms with Crippen LogP contribution in [0.15, 0.2) is 6.07 Å². The van der Waals surface area contributed by atoms with Crippen molar-refractivity contribution in [1.29, 1.82) is 0 Å². The number of aliphatic hydroxyl groups is 1. The molecule has 0 radical (unpaired) electrons. The molecule has 0 bridgehead atoms. The highest BCUT2D eigenvalue weighted by Crippen LogP contribution is 2.36. The quantitative estimate of drug-likeness (QED) is 0.829. The Labute approximate surface area is 100 Å². The van der Waals surface area contributed by atoms with E-state index in [1.54, 1.807) is 13.2 Å². The van der Waals surface area contributed by atoms with Crippen LogP contribution in [0.3, 0.4) is 0 Å². The van der Waals surface area contributed by atoms with E-state index in [2.05, 4.69) is 5.32 Å². The highest BCUT2D eigenvalue weighted by molar-refractivity contribution is 5.93. The van der Waals surface area contributed by atoms with Crippen molar-refractivity contribution < 1.29 is 19.4 Å². The topological polar surface area (TPSA) is 67.8 Å². The van der Waals surface area contributed by atoms with E-state index in [1.807, 2.05) is 13.8 Å². The molecule has 94 valence electrons. The predicted octanol–water partition coefficient (Wildman–Crippen LogP) is 1.25. The Morgan fingerprint density at radius 2 is 1.94 bits per heavy atom. The summed E-state index contributed by atoms with van der Waals surface area (Å²) < 4.78 is 10.5. The van der Waals surface area contributed by atoms with E-state index in [0.29, 0.717) is 17.2 Å². The van der Waals surface area contributed by atoms with Crippen LogP contribution in [0.25, 0.3) is 0 Å². The van der Waals surface area contributed by atoms with Crippen molar-refractivity contribution in [2.75, 3.05) is 26.1 Å². The van der Waals surface area contributed by atoms with Crippen LogP contribution in [0, 0.1) is 13.8 Å². The van der Waals surface area contributed by atoms with Crippen molar-refractivity contribution in [3.8, 4) is 11.5 Å². The maximum atomic E-state index is 11.2. The number of carbonyl (C=O) groups is 1. The molecular formula is C12H17NO4. The SMILES string of the molecule is COc1cc(NC(=O)CO)c(OC)c(C)c1C. The largest absolute Gasteiger partial charge is 0.496 e. The number of nitrogens with one attached hydrogen (secondary N) is 1. The van der Waals surface area contributed by atoms with E-state index < -0.39 is 12.5 Å². The van der Waals surface area contributed by atoms with Gasteiger partial charge in [-0.2, -0.15) is 0 Å². The molecule has 5 heteroatoms. The molecule has 0 fully saturated rings. The molecular weight excluding hydrogens is 222 g/mol. The lowest BCUT2D eigenvalue weighted by Gasteiger charge is -2.16. The fraction of sp³-hybridized carbons (Fsp3) is 0.417. The molecule has 1 amide bonds. The third-order valence-electron chi connectivity index (χ3n) is 2.63. The van der Waals surface area contributed by atoms with E-state index in [0.717, 1.165) is 11.1 Å². The van der Waals surface area contributed by atoms with Crippen molar-refractivity contribution in [1.82, 2.24) is 0 Å². The van der Waals surface area contributed by atoms with Crippen LogP contribution >= 0.6 is 0 Å². The van der Waals surface area contributed by atoms with Gasteiger partial charge in [0.2, 0.25) is 5.91 Å². The molecule has 0 heterocycles. The number of anilines is 1. The number of hydrogen-bond donors (Lipinski definition) is 2. The number of benzene rings is 1. The second-order valence-electron chi connectivity index (χ2n) is 3.62. The monoisotopic (exact) mass is 239 g/mol. The van der Waals surface area contributed by atoms with Gasteiger partial charge in [-0.25, -0.2) is 0 Å². The van der Waals surface area contributed by atoms with E-state index in [1.165, 1.54) is 7.11 Å². The van der Waals surface area contributed by atoms with Gasteiger partial charge < -0.3 is 19.9 Å². The first-order chi connectivity index (χ1) is 8.04. The zero-order chi connectivity index (χ0) is 13.0. The summed E-state index contributed by atoms with van der Waals surface area (Å²) in [6, 6.07) is 1.68. The second kappa shape index (κ2) is 5.54. The fourth-order valence-corrected chi connectivity index (χ4v) is 1.62. The number of ether oxygens (including phenoxy) is 2. The van der Waals surface area contributed by atoms with E-state index >= 15 is 0 Å². The van der Waals surface area contributed by atoms with Gasteiger partial charge in [0.1, 0.15) is 18.1 Å². The Bertz CT molecular complexity index is 429. The molecule has 0 spiro atoms. The van der Waals surface area contributed by atoms with Crippen LogP contribution in [0.1, 0.15) is 11.1 Å². The molecule has 5 nitrogen and oxygen atoms in total.